The Morgan fingerprint density at radius 2 is 1.57 bits per heavy atom. The molecule has 9 heteroatoms. The van der Waals surface area contributed by atoms with Gasteiger partial charge < -0.3 is 15.4 Å². The molecule has 3 aromatic rings. The number of halogens is 2. The van der Waals surface area contributed by atoms with E-state index in [1.165, 1.54) is 5.56 Å². The predicted molar refractivity (Wildman–Crippen MR) is 153 cm³/mol. The van der Waals surface area contributed by atoms with Gasteiger partial charge in [-0.25, -0.2) is 22.0 Å². The van der Waals surface area contributed by atoms with Crippen molar-refractivity contribution < 1.29 is 26.7 Å². The fraction of sp³-hybridized carbons (Fsp3) is 0.387. The Bertz CT molecular complexity index is 1320. The van der Waals surface area contributed by atoms with Crippen molar-refractivity contribution in [1.82, 2.24) is 10.6 Å². The SMILES string of the molecule is CCCCS(=O)(=O)C(c1cc(F)cc(F)c1)[C@H](CCNCc1cccc(CC)c1)NC(=O)OCc1ccccc1. The zero-order valence-electron chi connectivity index (χ0n) is 23.0. The zero-order valence-corrected chi connectivity index (χ0v) is 23.9. The number of ether oxygens (including phenoxy) is 1. The Kier molecular flexibility index (Phi) is 12.1. The molecule has 1 unspecified atom stereocenters. The highest BCUT2D eigenvalue weighted by molar-refractivity contribution is 7.91. The van der Waals surface area contributed by atoms with E-state index in [0.717, 1.165) is 29.7 Å². The summed E-state index contributed by atoms with van der Waals surface area (Å²) in [4.78, 5) is 12.9. The Labute approximate surface area is 236 Å². The number of unbranched alkanes of at least 4 members (excludes halogenated alkanes) is 1. The van der Waals surface area contributed by atoms with Gasteiger partial charge in [0.2, 0.25) is 0 Å². The molecule has 6 nitrogen and oxygen atoms in total. The van der Waals surface area contributed by atoms with Gasteiger partial charge in [0.1, 0.15) is 23.5 Å². The van der Waals surface area contributed by atoms with E-state index in [9.17, 15) is 22.0 Å². The van der Waals surface area contributed by atoms with Gasteiger partial charge in [-0.3, -0.25) is 0 Å². The molecule has 40 heavy (non-hydrogen) atoms. The second kappa shape index (κ2) is 15.5. The molecule has 0 fully saturated rings. The van der Waals surface area contributed by atoms with Crippen molar-refractivity contribution in [2.24, 2.45) is 0 Å². The number of carbonyl (C=O) groups excluding carboxylic acids is 1. The van der Waals surface area contributed by atoms with Crippen molar-refractivity contribution in [2.45, 2.75) is 64.0 Å². The van der Waals surface area contributed by atoms with Gasteiger partial charge >= 0.3 is 6.09 Å². The molecule has 0 aromatic heterocycles. The Morgan fingerprint density at radius 1 is 0.900 bits per heavy atom. The first-order chi connectivity index (χ1) is 19.2. The van der Waals surface area contributed by atoms with Crippen LogP contribution in [0, 0.1) is 11.6 Å². The largest absolute Gasteiger partial charge is 0.445 e. The Balaban J connectivity index is 1.84. The first-order valence-electron chi connectivity index (χ1n) is 13.6. The lowest BCUT2D eigenvalue weighted by atomic mass is 10.0. The monoisotopic (exact) mass is 572 g/mol. The van der Waals surface area contributed by atoms with Gasteiger partial charge in [0, 0.05) is 12.6 Å². The van der Waals surface area contributed by atoms with Crippen LogP contribution in [-0.2, 0) is 34.1 Å². The topological polar surface area (TPSA) is 84.5 Å². The average Bonchev–Trinajstić information content (AvgIpc) is 2.93. The molecule has 0 spiro atoms. The van der Waals surface area contributed by atoms with Gasteiger partial charge in [0.05, 0.1) is 11.8 Å². The standard InChI is InChI=1S/C31H38F2N2O4S/c1-3-5-16-40(37,38)30(26-18-27(32)20-28(33)19-26)29(35-31(36)39-22-24-10-7-6-8-11-24)14-15-34-21-25-13-9-12-23(4-2)17-25/h6-13,17-20,29-30,34H,3-5,14-16,21-22H2,1-2H3,(H,35,36)/t29-,30?/m0/s1. The number of nitrogens with one attached hydrogen (secondary N) is 2. The van der Waals surface area contributed by atoms with E-state index in [1.807, 2.05) is 43.3 Å². The molecule has 3 rings (SSSR count). The Hall–Kier alpha value is -3.30. The number of hydrogen-bond acceptors (Lipinski definition) is 5. The summed E-state index contributed by atoms with van der Waals surface area (Å²) >= 11 is 0. The maximum Gasteiger partial charge on any atom is 0.407 e. The fourth-order valence-electron chi connectivity index (χ4n) is 4.57. The summed E-state index contributed by atoms with van der Waals surface area (Å²) in [5.41, 5.74) is 3.00. The predicted octanol–water partition coefficient (Wildman–Crippen LogP) is 6.26. The molecule has 3 aromatic carbocycles. The van der Waals surface area contributed by atoms with Gasteiger partial charge in [0.25, 0.3) is 0 Å². The van der Waals surface area contributed by atoms with Crippen molar-refractivity contribution in [3.8, 4) is 0 Å². The second-order valence-electron chi connectivity index (χ2n) is 9.80. The van der Waals surface area contributed by atoms with Crippen molar-refractivity contribution >= 4 is 15.9 Å². The van der Waals surface area contributed by atoms with Crippen LogP contribution in [0.15, 0.2) is 72.8 Å². The number of rotatable bonds is 15. The van der Waals surface area contributed by atoms with Gasteiger partial charge in [-0.1, -0.05) is 74.9 Å². The van der Waals surface area contributed by atoms with Crippen LogP contribution in [0.4, 0.5) is 13.6 Å². The highest BCUT2D eigenvalue weighted by Crippen LogP contribution is 2.31. The molecule has 0 radical (unpaired) electrons. The van der Waals surface area contributed by atoms with E-state index >= 15 is 0 Å². The summed E-state index contributed by atoms with van der Waals surface area (Å²) in [5, 5.41) is 4.64. The molecule has 0 saturated carbocycles. The lowest BCUT2D eigenvalue weighted by Gasteiger charge is -2.28. The first-order valence-corrected chi connectivity index (χ1v) is 15.4. The molecular formula is C31H38F2N2O4S. The molecule has 0 aliphatic carbocycles. The van der Waals surface area contributed by atoms with E-state index < -0.39 is 38.9 Å². The lowest BCUT2D eigenvalue weighted by Crippen LogP contribution is -2.44. The van der Waals surface area contributed by atoms with Crippen LogP contribution in [0.5, 0.6) is 0 Å². The molecule has 0 heterocycles. The van der Waals surface area contributed by atoms with E-state index in [4.69, 9.17) is 4.74 Å². The second-order valence-corrected chi connectivity index (χ2v) is 12.0. The van der Waals surface area contributed by atoms with Crippen LogP contribution >= 0.6 is 0 Å². The van der Waals surface area contributed by atoms with Gasteiger partial charge in [-0.05, 0) is 60.2 Å². The van der Waals surface area contributed by atoms with E-state index in [1.54, 1.807) is 12.1 Å². The van der Waals surface area contributed by atoms with Crippen LogP contribution < -0.4 is 10.6 Å². The van der Waals surface area contributed by atoms with Gasteiger partial charge in [-0.2, -0.15) is 0 Å². The molecule has 0 saturated heterocycles. The van der Waals surface area contributed by atoms with Crippen molar-refractivity contribution in [3.63, 3.8) is 0 Å². The van der Waals surface area contributed by atoms with Crippen LogP contribution in [0.3, 0.4) is 0 Å². The normalized spacial score (nSPS) is 13.0. The van der Waals surface area contributed by atoms with E-state index in [2.05, 4.69) is 23.6 Å². The number of aryl methyl sites for hydroxylation is 1. The number of benzene rings is 3. The third kappa shape index (κ3) is 9.71. The van der Waals surface area contributed by atoms with Crippen molar-refractivity contribution in [3.05, 3.63) is 107 Å². The third-order valence-electron chi connectivity index (χ3n) is 6.63. The smallest absolute Gasteiger partial charge is 0.407 e. The minimum atomic E-state index is -3.91. The molecule has 216 valence electrons. The van der Waals surface area contributed by atoms with Crippen LogP contribution in [0.1, 0.15) is 60.6 Å². The maximum atomic E-state index is 14.3. The molecule has 2 N–H and O–H groups in total. The number of hydrogen-bond donors (Lipinski definition) is 2. The van der Waals surface area contributed by atoms with Gasteiger partial charge in [0.15, 0.2) is 9.84 Å². The molecule has 1 amide bonds. The molecule has 2 atom stereocenters. The minimum Gasteiger partial charge on any atom is -0.445 e. The molecule has 0 aliphatic rings. The number of sulfone groups is 1. The summed E-state index contributed by atoms with van der Waals surface area (Å²) in [7, 11) is -3.91. The van der Waals surface area contributed by atoms with Crippen molar-refractivity contribution in [1.29, 1.82) is 0 Å². The molecule has 0 aliphatic heterocycles. The van der Waals surface area contributed by atoms with E-state index in [0.29, 0.717) is 32.0 Å². The summed E-state index contributed by atoms with van der Waals surface area (Å²) in [6.45, 7) is 4.82. The van der Waals surface area contributed by atoms with E-state index in [-0.39, 0.29) is 24.3 Å². The van der Waals surface area contributed by atoms with Crippen LogP contribution in [0.2, 0.25) is 0 Å². The summed E-state index contributed by atoms with van der Waals surface area (Å²) < 4.78 is 61.1. The van der Waals surface area contributed by atoms with Gasteiger partial charge in [-0.15, -0.1) is 0 Å². The minimum absolute atomic E-state index is 0.00669. The lowest BCUT2D eigenvalue weighted by molar-refractivity contribution is 0.134. The molecule has 0 bridgehead atoms. The number of carbonyl (C=O) groups is 1. The highest BCUT2D eigenvalue weighted by Gasteiger charge is 2.36. The highest BCUT2D eigenvalue weighted by atomic mass is 32.2. The summed E-state index contributed by atoms with van der Waals surface area (Å²) in [6, 6.07) is 18.9. The zero-order chi connectivity index (χ0) is 29.0. The van der Waals surface area contributed by atoms with Crippen molar-refractivity contribution in [2.75, 3.05) is 12.3 Å². The maximum absolute atomic E-state index is 14.3. The Morgan fingerprint density at radius 3 is 2.25 bits per heavy atom. The fourth-order valence-corrected chi connectivity index (χ4v) is 6.77. The van der Waals surface area contributed by atoms with Crippen LogP contribution in [0.25, 0.3) is 0 Å². The number of alkyl carbamates (subject to hydrolysis) is 1. The van der Waals surface area contributed by atoms with Crippen LogP contribution in [-0.4, -0.2) is 32.9 Å². The first kappa shape index (κ1) is 31.2. The summed E-state index contributed by atoms with van der Waals surface area (Å²) in [6.07, 6.45) is 1.29. The summed E-state index contributed by atoms with van der Waals surface area (Å²) in [5.74, 6) is -1.95. The average molecular weight is 573 g/mol. The molecular weight excluding hydrogens is 534 g/mol. The quantitative estimate of drug-likeness (QED) is 0.210. The number of amides is 1. The third-order valence-corrected chi connectivity index (χ3v) is 8.86.